The molecule has 1 rings (SSSR count). The van der Waals surface area contributed by atoms with Crippen LogP contribution in [0.5, 0.6) is 5.75 Å². The Morgan fingerprint density at radius 1 is 1.47 bits per heavy atom. The number of ether oxygens (including phenoxy) is 2. The Bertz CT molecular complexity index is 465. The molecular weight excluding hydrogens is 286 g/mol. The first-order valence-corrected chi connectivity index (χ1v) is 6.71. The summed E-state index contributed by atoms with van der Waals surface area (Å²) in [5.74, 6) is -0.0465. The van der Waals surface area contributed by atoms with Crippen LogP contribution in [-0.2, 0) is 9.53 Å². The molecule has 6 heteroatoms. The molecule has 0 saturated carbocycles. The van der Waals surface area contributed by atoms with Gasteiger partial charge in [0.25, 0.3) is 0 Å². The van der Waals surface area contributed by atoms with Gasteiger partial charge in [0.2, 0.25) is 0 Å². The van der Waals surface area contributed by atoms with Crippen molar-refractivity contribution >= 4 is 34.8 Å². The van der Waals surface area contributed by atoms with Gasteiger partial charge in [0, 0.05) is 0 Å². The van der Waals surface area contributed by atoms with Crippen molar-refractivity contribution < 1.29 is 14.3 Å². The van der Waals surface area contributed by atoms with Crippen LogP contribution in [0.25, 0.3) is 0 Å². The van der Waals surface area contributed by atoms with Crippen molar-refractivity contribution in [3.8, 4) is 5.75 Å². The van der Waals surface area contributed by atoms with E-state index in [-0.39, 0.29) is 11.6 Å². The van der Waals surface area contributed by atoms with Gasteiger partial charge in [0.15, 0.2) is 6.61 Å². The zero-order valence-electron chi connectivity index (χ0n) is 10.6. The highest BCUT2D eigenvalue weighted by Crippen LogP contribution is 2.26. The van der Waals surface area contributed by atoms with Gasteiger partial charge in [0.05, 0.1) is 17.2 Å². The fourth-order valence-corrected chi connectivity index (χ4v) is 1.91. The van der Waals surface area contributed by atoms with E-state index in [1.165, 1.54) is 0 Å². The van der Waals surface area contributed by atoms with Gasteiger partial charge in [-0.1, -0.05) is 43.2 Å². The summed E-state index contributed by atoms with van der Waals surface area (Å²) in [6.45, 7) is 2.22. The topological polar surface area (TPSA) is 61.5 Å². The summed E-state index contributed by atoms with van der Waals surface area (Å²) in [5.41, 5.74) is 6.00. The largest absolute Gasteiger partial charge is 0.481 e. The molecule has 0 aromatic heterocycles. The predicted molar refractivity (Wildman–Crippen MR) is 78.7 cm³/mol. The fourth-order valence-electron chi connectivity index (χ4n) is 1.37. The molecule has 0 saturated heterocycles. The smallest absolute Gasteiger partial charge is 0.344 e. The number of hydrogen-bond acceptors (Lipinski definition) is 4. The van der Waals surface area contributed by atoms with Crippen LogP contribution in [0.3, 0.4) is 0 Å². The molecule has 1 aromatic rings. The van der Waals surface area contributed by atoms with Crippen LogP contribution in [0.2, 0.25) is 5.02 Å². The van der Waals surface area contributed by atoms with E-state index in [0.717, 1.165) is 12.8 Å². The number of unbranched alkanes of at least 4 members (excludes halogenated alkanes) is 1. The summed E-state index contributed by atoms with van der Waals surface area (Å²) in [4.78, 5) is 11.5. The van der Waals surface area contributed by atoms with Crippen LogP contribution in [-0.4, -0.2) is 24.2 Å². The molecule has 19 heavy (non-hydrogen) atoms. The second kappa shape index (κ2) is 7.96. The molecule has 104 valence electrons. The number of benzene rings is 1. The van der Waals surface area contributed by atoms with Gasteiger partial charge >= 0.3 is 5.97 Å². The summed E-state index contributed by atoms with van der Waals surface area (Å²) in [6.07, 6.45) is 1.80. The molecular formula is C13H16ClNO3S. The van der Waals surface area contributed by atoms with Gasteiger partial charge in [-0.3, -0.25) is 0 Å². The van der Waals surface area contributed by atoms with Crippen LogP contribution < -0.4 is 10.5 Å². The molecule has 0 unspecified atom stereocenters. The Hall–Kier alpha value is -1.33. The van der Waals surface area contributed by atoms with E-state index < -0.39 is 5.97 Å². The lowest BCUT2D eigenvalue weighted by Gasteiger charge is -2.11. The lowest BCUT2D eigenvalue weighted by atomic mass is 10.2. The SMILES string of the molecule is CCCCOC(=O)COc1cccc(Cl)c1C(N)=S. The third kappa shape index (κ3) is 5.04. The van der Waals surface area contributed by atoms with Crippen molar-refractivity contribution in [1.29, 1.82) is 0 Å². The summed E-state index contributed by atoms with van der Waals surface area (Å²) >= 11 is 10.9. The maximum absolute atomic E-state index is 11.4. The first-order chi connectivity index (χ1) is 9.06. The Morgan fingerprint density at radius 3 is 2.84 bits per heavy atom. The molecule has 4 nitrogen and oxygen atoms in total. The summed E-state index contributed by atoms with van der Waals surface area (Å²) in [7, 11) is 0. The Kier molecular flexibility index (Phi) is 6.59. The zero-order valence-corrected chi connectivity index (χ0v) is 12.2. The molecule has 0 spiro atoms. The molecule has 1 aromatic carbocycles. The van der Waals surface area contributed by atoms with E-state index in [9.17, 15) is 4.79 Å². The predicted octanol–water partition coefficient (Wildman–Crippen LogP) is 2.70. The van der Waals surface area contributed by atoms with Crippen molar-refractivity contribution in [2.75, 3.05) is 13.2 Å². The van der Waals surface area contributed by atoms with E-state index >= 15 is 0 Å². The van der Waals surface area contributed by atoms with Gasteiger partial charge < -0.3 is 15.2 Å². The lowest BCUT2D eigenvalue weighted by molar-refractivity contribution is -0.146. The van der Waals surface area contributed by atoms with Crippen molar-refractivity contribution in [3.63, 3.8) is 0 Å². The summed E-state index contributed by atoms with van der Waals surface area (Å²) < 4.78 is 10.3. The van der Waals surface area contributed by atoms with Crippen LogP contribution in [0, 0.1) is 0 Å². The van der Waals surface area contributed by atoms with E-state index in [1.807, 2.05) is 6.92 Å². The molecule has 2 N–H and O–H groups in total. The number of nitrogens with two attached hydrogens (primary N) is 1. The normalized spacial score (nSPS) is 10.0. The number of hydrogen-bond donors (Lipinski definition) is 1. The quantitative estimate of drug-likeness (QED) is 0.476. The Labute approximate surface area is 122 Å². The molecule has 0 amide bonds. The second-order valence-electron chi connectivity index (χ2n) is 3.84. The number of esters is 1. The molecule has 0 radical (unpaired) electrons. The highest BCUT2D eigenvalue weighted by Gasteiger charge is 2.12. The maximum Gasteiger partial charge on any atom is 0.344 e. The maximum atomic E-state index is 11.4. The summed E-state index contributed by atoms with van der Waals surface area (Å²) in [6, 6.07) is 5.00. The second-order valence-corrected chi connectivity index (χ2v) is 4.69. The zero-order chi connectivity index (χ0) is 14.3. The van der Waals surface area contributed by atoms with Gasteiger partial charge in [-0.2, -0.15) is 0 Å². The van der Waals surface area contributed by atoms with Crippen molar-refractivity contribution in [2.24, 2.45) is 5.73 Å². The van der Waals surface area contributed by atoms with Gasteiger partial charge in [-0.25, -0.2) is 4.79 Å². The van der Waals surface area contributed by atoms with Crippen LogP contribution in [0.4, 0.5) is 0 Å². The first-order valence-electron chi connectivity index (χ1n) is 5.93. The minimum absolute atomic E-state index is 0.125. The van der Waals surface area contributed by atoms with E-state index in [2.05, 4.69) is 0 Å². The number of halogens is 1. The molecule has 0 atom stereocenters. The molecule has 0 heterocycles. The number of carbonyl (C=O) groups excluding carboxylic acids is 1. The Morgan fingerprint density at radius 2 is 2.21 bits per heavy atom. The summed E-state index contributed by atoms with van der Waals surface area (Å²) in [5, 5.41) is 0.393. The van der Waals surface area contributed by atoms with Gasteiger partial charge in [0.1, 0.15) is 10.7 Å². The number of rotatable bonds is 7. The van der Waals surface area contributed by atoms with Crippen molar-refractivity contribution in [2.45, 2.75) is 19.8 Å². The van der Waals surface area contributed by atoms with E-state index in [0.29, 0.717) is 22.9 Å². The average Bonchev–Trinajstić information content (AvgIpc) is 2.36. The van der Waals surface area contributed by atoms with Crippen LogP contribution >= 0.6 is 23.8 Å². The third-order valence-electron chi connectivity index (χ3n) is 2.33. The minimum Gasteiger partial charge on any atom is -0.481 e. The first kappa shape index (κ1) is 15.7. The van der Waals surface area contributed by atoms with Crippen molar-refractivity contribution in [3.05, 3.63) is 28.8 Å². The molecule has 0 aliphatic heterocycles. The number of carbonyl (C=O) groups is 1. The lowest BCUT2D eigenvalue weighted by Crippen LogP contribution is -2.18. The molecule has 0 aliphatic carbocycles. The standard InChI is InChI=1S/C13H16ClNO3S/c1-2-3-7-17-11(16)8-18-10-6-4-5-9(14)12(10)13(15)19/h4-6H,2-3,7-8H2,1H3,(H2,15,19). The van der Waals surface area contributed by atoms with Crippen LogP contribution in [0.15, 0.2) is 18.2 Å². The van der Waals surface area contributed by atoms with Crippen LogP contribution in [0.1, 0.15) is 25.3 Å². The third-order valence-corrected chi connectivity index (χ3v) is 2.85. The highest BCUT2D eigenvalue weighted by molar-refractivity contribution is 7.80. The Balaban J connectivity index is 2.60. The average molecular weight is 302 g/mol. The van der Waals surface area contributed by atoms with Gasteiger partial charge in [-0.05, 0) is 18.6 Å². The van der Waals surface area contributed by atoms with E-state index in [1.54, 1.807) is 18.2 Å². The van der Waals surface area contributed by atoms with E-state index in [4.69, 9.17) is 39.0 Å². The van der Waals surface area contributed by atoms with Crippen molar-refractivity contribution in [1.82, 2.24) is 0 Å². The van der Waals surface area contributed by atoms with Gasteiger partial charge in [-0.15, -0.1) is 0 Å². The monoisotopic (exact) mass is 301 g/mol. The fraction of sp³-hybridized carbons (Fsp3) is 0.385. The molecule has 0 fully saturated rings. The highest BCUT2D eigenvalue weighted by atomic mass is 35.5. The molecule has 0 aliphatic rings. The number of thiocarbonyl (C=S) groups is 1. The molecule has 0 bridgehead atoms. The minimum atomic E-state index is -0.428.